The second kappa shape index (κ2) is 6.00. The number of aromatic nitrogens is 5. The molecule has 0 aliphatic heterocycles. The molecule has 0 spiro atoms. The number of rotatable bonds is 3. The highest BCUT2D eigenvalue weighted by atomic mass is 32.2. The Morgan fingerprint density at radius 1 is 1.12 bits per heavy atom. The lowest BCUT2D eigenvalue weighted by molar-refractivity contribution is 0.901. The number of pyridine rings is 1. The van der Waals surface area contributed by atoms with E-state index in [0.29, 0.717) is 22.0 Å². The van der Waals surface area contributed by atoms with E-state index in [-0.39, 0.29) is 5.56 Å². The van der Waals surface area contributed by atoms with Crippen LogP contribution in [0.1, 0.15) is 18.2 Å². The Labute approximate surface area is 148 Å². The average molecular weight is 351 g/mol. The number of aryl methyl sites for hydroxylation is 2. The van der Waals surface area contributed by atoms with Crippen LogP contribution in [0.25, 0.3) is 22.4 Å². The van der Waals surface area contributed by atoms with E-state index in [4.69, 9.17) is 0 Å². The van der Waals surface area contributed by atoms with Crippen molar-refractivity contribution in [2.24, 2.45) is 0 Å². The van der Waals surface area contributed by atoms with Crippen LogP contribution in [-0.2, 0) is 6.42 Å². The highest BCUT2D eigenvalue weighted by molar-refractivity contribution is 7.98. The molecule has 0 unspecified atom stereocenters. The summed E-state index contributed by atoms with van der Waals surface area (Å²) < 4.78 is 3.29. The van der Waals surface area contributed by atoms with Gasteiger partial charge in [-0.2, -0.15) is 9.50 Å². The zero-order valence-corrected chi connectivity index (χ0v) is 15.0. The molecule has 0 saturated heterocycles. The minimum absolute atomic E-state index is 0.102. The summed E-state index contributed by atoms with van der Waals surface area (Å²) in [7, 11) is 0. The molecule has 3 heterocycles. The van der Waals surface area contributed by atoms with Crippen molar-refractivity contribution in [1.29, 1.82) is 0 Å². The van der Waals surface area contributed by atoms with Crippen molar-refractivity contribution in [2.75, 3.05) is 6.26 Å². The average Bonchev–Trinajstić information content (AvgIpc) is 3.05. The molecule has 4 rings (SSSR count). The van der Waals surface area contributed by atoms with E-state index in [1.165, 1.54) is 17.3 Å². The first-order valence-electron chi connectivity index (χ1n) is 8.04. The Morgan fingerprint density at radius 2 is 1.88 bits per heavy atom. The number of benzene rings is 1. The summed E-state index contributed by atoms with van der Waals surface area (Å²) in [6.45, 7) is 3.94. The molecule has 0 atom stereocenters. The van der Waals surface area contributed by atoms with Crippen LogP contribution in [-0.4, -0.2) is 30.4 Å². The van der Waals surface area contributed by atoms with Crippen molar-refractivity contribution in [3.8, 4) is 5.69 Å². The van der Waals surface area contributed by atoms with Gasteiger partial charge in [-0.05, 0) is 43.4 Å². The Balaban J connectivity index is 1.99. The monoisotopic (exact) mass is 351 g/mol. The third-order valence-electron chi connectivity index (χ3n) is 4.30. The number of nitrogens with zero attached hydrogens (tertiary/aromatic N) is 5. The van der Waals surface area contributed by atoms with Gasteiger partial charge in [-0.15, -0.1) is 5.10 Å². The van der Waals surface area contributed by atoms with E-state index in [9.17, 15) is 4.79 Å². The highest BCUT2D eigenvalue weighted by Crippen LogP contribution is 2.18. The third-order valence-corrected chi connectivity index (χ3v) is 4.84. The van der Waals surface area contributed by atoms with E-state index in [1.807, 2.05) is 43.5 Å². The molecule has 0 fully saturated rings. The van der Waals surface area contributed by atoms with Crippen molar-refractivity contribution in [1.82, 2.24) is 24.1 Å². The molecule has 0 amide bonds. The van der Waals surface area contributed by atoms with Crippen LogP contribution >= 0.6 is 11.8 Å². The zero-order valence-electron chi connectivity index (χ0n) is 14.2. The fourth-order valence-corrected chi connectivity index (χ4v) is 3.29. The summed E-state index contributed by atoms with van der Waals surface area (Å²) in [6.07, 6.45) is 4.67. The van der Waals surface area contributed by atoms with Crippen molar-refractivity contribution in [3.05, 3.63) is 58.1 Å². The molecule has 0 saturated carbocycles. The first-order chi connectivity index (χ1) is 12.1. The summed E-state index contributed by atoms with van der Waals surface area (Å²) in [6, 6.07) is 9.92. The lowest BCUT2D eigenvalue weighted by Gasteiger charge is -2.09. The fraction of sp³-hybridized carbons (Fsp3) is 0.222. The Hall–Kier alpha value is -2.67. The van der Waals surface area contributed by atoms with Crippen LogP contribution in [0.4, 0.5) is 0 Å². The minimum Gasteiger partial charge on any atom is -0.284 e. The van der Waals surface area contributed by atoms with E-state index >= 15 is 0 Å². The second-order valence-corrected chi connectivity index (χ2v) is 6.55. The summed E-state index contributed by atoms with van der Waals surface area (Å²) in [5.74, 6) is 0.513. The fourth-order valence-electron chi connectivity index (χ4n) is 2.95. The molecule has 0 aliphatic rings. The number of fused-ring (bicyclic) bond motifs is 3. The van der Waals surface area contributed by atoms with Gasteiger partial charge in [0, 0.05) is 11.9 Å². The molecule has 4 aromatic rings. The Bertz CT molecular complexity index is 1140. The standard InChI is InChI=1S/C18H17N5OS/c1-4-12-5-7-13(8-6-12)22-10-9-14-15(16(22)24)11(2)19-17-20-18(25-3)21-23(14)17/h5-10H,4H2,1-3H3. The first-order valence-corrected chi connectivity index (χ1v) is 9.27. The van der Waals surface area contributed by atoms with Gasteiger partial charge in [0.1, 0.15) is 0 Å². The second-order valence-electron chi connectivity index (χ2n) is 5.78. The molecule has 0 bridgehead atoms. The topological polar surface area (TPSA) is 65.1 Å². The van der Waals surface area contributed by atoms with Crippen LogP contribution in [0.2, 0.25) is 0 Å². The molecule has 1 aromatic carbocycles. The van der Waals surface area contributed by atoms with Gasteiger partial charge in [0.05, 0.1) is 16.6 Å². The summed E-state index contributed by atoms with van der Waals surface area (Å²) in [5.41, 5.74) is 3.36. The summed E-state index contributed by atoms with van der Waals surface area (Å²) >= 11 is 1.45. The van der Waals surface area contributed by atoms with Crippen LogP contribution in [0, 0.1) is 6.92 Å². The molecule has 0 radical (unpaired) electrons. The summed E-state index contributed by atoms with van der Waals surface area (Å²) in [4.78, 5) is 21.9. The van der Waals surface area contributed by atoms with E-state index in [2.05, 4.69) is 22.0 Å². The van der Waals surface area contributed by atoms with E-state index < -0.39 is 0 Å². The molecule has 3 aromatic heterocycles. The maximum atomic E-state index is 13.1. The van der Waals surface area contributed by atoms with Gasteiger partial charge in [0.15, 0.2) is 0 Å². The lowest BCUT2D eigenvalue weighted by Crippen LogP contribution is -2.20. The normalized spacial score (nSPS) is 11.5. The number of hydrogen-bond acceptors (Lipinski definition) is 5. The van der Waals surface area contributed by atoms with Gasteiger partial charge >= 0.3 is 0 Å². The quantitative estimate of drug-likeness (QED) is 0.531. The smallest absolute Gasteiger partial charge is 0.266 e. The van der Waals surface area contributed by atoms with Crippen LogP contribution in [0.3, 0.4) is 0 Å². The molecule has 6 nitrogen and oxygen atoms in total. The molecular weight excluding hydrogens is 334 g/mol. The van der Waals surface area contributed by atoms with Gasteiger partial charge in [-0.3, -0.25) is 9.36 Å². The SMILES string of the molecule is CCc1ccc(-n2ccc3c(c(C)nc4nc(SC)nn43)c2=O)cc1. The predicted molar refractivity (Wildman–Crippen MR) is 99.8 cm³/mol. The van der Waals surface area contributed by atoms with Crippen LogP contribution < -0.4 is 5.56 Å². The summed E-state index contributed by atoms with van der Waals surface area (Å²) in [5, 5.41) is 5.62. The van der Waals surface area contributed by atoms with Crippen molar-refractivity contribution in [3.63, 3.8) is 0 Å². The van der Waals surface area contributed by atoms with E-state index in [1.54, 1.807) is 15.3 Å². The zero-order chi connectivity index (χ0) is 17.6. The van der Waals surface area contributed by atoms with Crippen molar-refractivity contribution >= 4 is 28.4 Å². The molecule has 7 heteroatoms. The van der Waals surface area contributed by atoms with Crippen LogP contribution in [0.5, 0.6) is 0 Å². The van der Waals surface area contributed by atoms with Gasteiger partial charge in [-0.1, -0.05) is 30.8 Å². The Morgan fingerprint density at radius 3 is 2.56 bits per heavy atom. The van der Waals surface area contributed by atoms with Crippen molar-refractivity contribution in [2.45, 2.75) is 25.4 Å². The molecule has 126 valence electrons. The lowest BCUT2D eigenvalue weighted by atomic mass is 10.1. The molecule has 0 N–H and O–H groups in total. The number of hydrogen-bond donors (Lipinski definition) is 0. The first kappa shape index (κ1) is 15.8. The van der Waals surface area contributed by atoms with Crippen LogP contribution in [0.15, 0.2) is 46.5 Å². The predicted octanol–water partition coefficient (Wildman–Crippen LogP) is 3.02. The number of thioether (sulfide) groups is 1. The molecular formula is C18H17N5OS. The molecule has 0 aliphatic carbocycles. The van der Waals surface area contributed by atoms with Gasteiger partial charge < -0.3 is 0 Å². The van der Waals surface area contributed by atoms with Gasteiger partial charge in [0.2, 0.25) is 5.16 Å². The van der Waals surface area contributed by atoms with Crippen molar-refractivity contribution < 1.29 is 0 Å². The highest BCUT2D eigenvalue weighted by Gasteiger charge is 2.14. The Kier molecular flexibility index (Phi) is 3.80. The minimum atomic E-state index is -0.102. The van der Waals surface area contributed by atoms with E-state index in [0.717, 1.165) is 17.6 Å². The van der Waals surface area contributed by atoms with Gasteiger partial charge in [-0.25, -0.2) is 4.98 Å². The van der Waals surface area contributed by atoms with Gasteiger partial charge in [0.25, 0.3) is 11.3 Å². The largest absolute Gasteiger partial charge is 0.284 e. The third kappa shape index (κ3) is 2.51. The maximum Gasteiger partial charge on any atom is 0.266 e. The molecule has 25 heavy (non-hydrogen) atoms. The maximum absolute atomic E-state index is 13.1.